The molecule has 1 aromatic rings. The Hall–Kier alpha value is -1.75. The highest BCUT2D eigenvalue weighted by Gasteiger charge is 2.20. The number of amides is 2. The molecular weight excluding hydrogens is 254 g/mol. The molecule has 1 aliphatic heterocycles. The Labute approximate surface area is 120 Å². The van der Waals surface area contributed by atoms with Gasteiger partial charge in [0, 0.05) is 19.1 Å². The summed E-state index contributed by atoms with van der Waals surface area (Å²) >= 11 is 0. The van der Waals surface area contributed by atoms with Gasteiger partial charge < -0.3 is 20.7 Å². The zero-order valence-electron chi connectivity index (χ0n) is 12.0. The molecule has 3 N–H and O–H groups in total. The van der Waals surface area contributed by atoms with E-state index in [4.69, 9.17) is 10.5 Å². The minimum Gasteiger partial charge on any atom is -0.496 e. The first kappa shape index (κ1) is 14.7. The van der Waals surface area contributed by atoms with Crippen molar-refractivity contribution >= 4 is 6.03 Å². The molecule has 2 rings (SSSR count). The van der Waals surface area contributed by atoms with E-state index in [0.29, 0.717) is 6.04 Å². The molecule has 0 aromatic heterocycles. The number of likely N-dealkylation sites (tertiary alicyclic amines) is 1. The molecule has 1 fully saturated rings. The highest BCUT2D eigenvalue weighted by Crippen LogP contribution is 2.17. The summed E-state index contributed by atoms with van der Waals surface area (Å²) in [6.07, 6.45) is 2.88. The average Bonchev–Trinajstić information content (AvgIpc) is 2.48. The molecule has 1 aromatic carbocycles. The number of ether oxygens (including phenoxy) is 1. The number of methoxy groups -OCH3 is 1. The van der Waals surface area contributed by atoms with E-state index in [1.54, 1.807) is 12.0 Å². The number of para-hydroxylation sites is 1. The minimum absolute atomic E-state index is 0.308. The molecule has 5 heteroatoms. The second-order valence-corrected chi connectivity index (χ2v) is 5.12. The monoisotopic (exact) mass is 277 g/mol. The zero-order chi connectivity index (χ0) is 14.4. The maximum atomic E-state index is 11.0. The molecule has 0 aliphatic carbocycles. The molecule has 110 valence electrons. The van der Waals surface area contributed by atoms with Crippen molar-refractivity contribution in [3.05, 3.63) is 29.8 Å². The third-order valence-electron chi connectivity index (χ3n) is 3.83. The van der Waals surface area contributed by atoms with Crippen molar-refractivity contribution in [3.8, 4) is 5.75 Å². The van der Waals surface area contributed by atoms with Gasteiger partial charge >= 0.3 is 6.03 Å². The number of nitrogens with zero attached hydrogens (tertiary/aromatic N) is 1. The number of urea groups is 1. The van der Waals surface area contributed by atoms with E-state index in [-0.39, 0.29) is 6.03 Å². The second-order valence-electron chi connectivity index (χ2n) is 5.12. The Kier molecular flexibility index (Phi) is 5.24. The van der Waals surface area contributed by atoms with Crippen molar-refractivity contribution in [1.29, 1.82) is 0 Å². The van der Waals surface area contributed by atoms with E-state index >= 15 is 0 Å². The molecular formula is C15H23N3O2. The lowest BCUT2D eigenvalue weighted by atomic mass is 10.0. The number of benzene rings is 1. The van der Waals surface area contributed by atoms with Gasteiger partial charge in [-0.2, -0.15) is 0 Å². The fourth-order valence-electron chi connectivity index (χ4n) is 2.62. The number of nitrogens with two attached hydrogens (primary N) is 1. The van der Waals surface area contributed by atoms with Crippen LogP contribution >= 0.6 is 0 Å². The first-order chi connectivity index (χ1) is 9.70. The largest absolute Gasteiger partial charge is 0.496 e. The maximum absolute atomic E-state index is 11.0. The van der Waals surface area contributed by atoms with Gasteiger partial charge in [0.1, 0.15) is 5.75 Å². The molecule has 0 unspecified atom stereocenters. The van der Waals surface area contributed by atoms with E-state index in [1.807, 2.05) is 18.2 Å². The number of hydrogen-bond donors (Lipinski definition) is 2. The van der Waals surface area contributed by atoms with Gasteiger partial charge in [-0.05, 0) is 37.4 Å². The summed E-state index contributed by atoms with van der Waals surface area (Å²) in [5.74, 6) is 0.942. The van der Waals surface area contributed by atoms with Crippen molar-refractivity contribution in [2.24, 2.45) is 5.73 Å². The summed E-state index contributed by atoms with van der Waals surface area (Å²) in [5.41, 5.74) is 6.49. The normalized spacial score (nSPS) is 16.1. The van der Waals surface area contributed by atoms with Gasteiger partial charge in [0.2, 0.25) is 0 Å². The van der Waals surface area contributed by atoms with Crippen LogP contribution < -0.4 is 15.8 Å². The van der Waals surface area contributed by atoms with Crippen LogP contribution in [0.15, 0.2) is 24.3 Å². The predicted molar refractivity (Wildman–Crippen MR) is 78.9 cm³/mol. The maximum Gasteiger partial charge on any atom is 0.314 e. The molecule has 1 aliphatic rings. The Bertz CT molecular complexity index is 442. The SMILES string of the molecule is COc1ccccc1CCNC1CCN(C(N)=O)CC1. The van der Waals surface area contributed by atoms with Gasteiger partial charge in [-0.15, -0.1) is 0 Å². The van der Waals surface area contributed by atoms with E-state index in [9.17, 15) is 4.79 Å². The van der Waals surface area contributed by atoms with Crippen molar-refractivity contribution in [2.75, 3.05) is 26.7 Å². The Morgan fingerprint density at radius 1 is 1.40 bits per heavy atom. The van der Waals surface area contributed by atoms with Gasteiger partial charge in [0.25, 0.3) is 0 Å². The molecule has 5 nitrogen and oxygen atoms in total. The third kappa shape index (κ3) is 3.87. The van der Waals surface area contributed by atoms with Crippen LogP contribution in [-0.4, -0.2) is 43.7 Å². The van der Waals surface area contributed by atoms with Gasteiger partial charge in [0.05, 0.1) is 7.11 Å². The lowest BCUT2D eigenvalue weighted by molar-refractivity contribution is 0.185. The highest BCUT2D eigenvalue weighted by atomic mass is 16.5. The van der Waals surface area contributed by atoms with Gasteiger partial charge in [-0.25, -0.2) is 4.79 Å². The molecule has 1 saturated heterocycles. The van der Waals surface area contributed by atoms with Crippen molar-refractivity contribution in [2.45, 2.75) is 25.3 Å². The standard InChI is InChI=1S/C15H23N3O2/c1-20-14-5-3-2-4-12(14)6-9-17-13-7-10-18(11-8-13)15(16)19/h2-5,13,17H,6-11H2,1H3,(H2,16,19). The molecule has 0 saturated carbocycles. The number of nitrogens with one attached hydrogen (secondary N) is 1. The molecule has 0 bridgehead atoms. The summed E-state index contributed by atoms with van der Waals surface area (Å²) in [6.45, 7) is 2.42. The van der Waals surface area contributed by atoms with Gasteiger partial charge in [-0.3, -0.25) is 0 Å². The molecule has 1 heterocycles. The molecule has 2 amide bonds. The van der Waals surface area contributed by atoms with E-state index < -0.39 is 0 Å². The second kappa shape index (κ2) is 7.14. The van der Waals surface area contributed by atoms with E-state index in [1.165, 1.54) is 5.56 Å². The lowest BCUT2D eigenvalue weighted by Crippen LogP contribution is -2.47. The molecule has 0 atom stereocenters. The van der Waals surface area contributed by atoms with E-state index in [0.717, 1.165) is 44.6 Å². The van der Waals surface area contributed by atoms with Crippen LogP contribution in [0.1, 0.15) is 18.4 Å². The number of carbonyl (C=O) groups is 1. The fourth-order valence-corrected chi connectivity index (χ4v) is 2.62. The van der Waals surface area contributed by atoms with Crippen LogP contribution in [0, 0.1) is 0 Å². The molecule has 0 radical (unpaired) electrons. The number of hydrogen-bond acceptors (Lipinski definition) is 3. The van der Waals surface area contributed by atoms with Gasteiger partial charge in [-0.1, -0.05) is 18.2 Å². The first-order valence-corrected chi connectivity index (χ1v) is 7.10. The molecule has 20 heavy (non-hydrogen) atoms. The Morgan fingerprint density at radius 3 is 2.75 bits per heavy atom. The summed E-state index contributed by atoms with van der Waals surface area (Å²) in [7, 11) is 1.70. The van der Waals surface area contributed by atoms with Crippen LogP contribution in [0.3, 0.4) is 0 Å². The quantitative estimate of drug-likeness (QED) is 0.854. The van der Waals surface area contributed by atoms with Crippen LogP contribution in [0.25, 0.3) is 0 Å². The predicted octanol–water partition coefficient (Wildman–Crippen LogP) is 1.37. The van der Waals surface area contributed by atoms with E-state index in [2.05, 4.69) is 11.4 Å². The number of carbonyl (C=O) groups excluding carboxylic acids is 1. The minimum atomic E-state index is -0.308. The topological polar surface area (TPSA) is 67.6 Å². The van der Waals surface area contributed by atoms with Crippen LogP contribution in [0.2, 0.25) is 0 Å². The number of rotatable bonds is 5. The van der Waals surface area contributed by atoms with Crippen molar-refractivity contribution in [1.82, 2.24) is 10.2 Å². The summed E-state index contributed by atoms with van der Waals surface area (Å²) in [6, 6.07) is 8.26. The van der Waals surface area contributed by atoms with Crippen LogP contribution in [0.5, 0.6) is 5.75 Å². The average molecular weight is 277 g/mol. The smallest absolute Gasteiger partial charge is 0.314 e. The fraction of sp³-hybridized carbons (Fsp3) is 0.533. The van der Waals surface area contributed by atoms with Crippen LogP contribution in [0.4, 0.5) is 4.79 Å². The number of primary amides is 1. The van der Waals surface area contributed by atoms with Crippen LogP contribution in [-0.2, 0) is 6.42 Å². The van der Waals surface area contributed by atoms with Crippen molar-refractivity contribution < 1.29 is 9.53 Å². The Morgan fingerprint density at radius 2 is 2.10 bits per heavy atom. The summed E-state index contributed by atoms with van der Waals surface area (Å²) in [5, 5.41) is 3.55. The summed E-state index contributed by atoms with van der Waals surface area (Å²) in [4.78, 5) is 12.8. The lowest BCUT2D eigenvalue weighted by Gasteiger charge is -2.31. The first-order valence-electron chi connectivity index (χ1n) is 7.10. The van der Waals surface area contributed by atoms with Gasteiger partial charge in [0.15, 0.2) is 0 Å². The highest BCUT2D eigenvalue weighted by molar-refractivity contribution is 5.72. The third-order valence-corrected chi connectivity index (χ3v) is 3.83. The Balaban J connectivity index is 1.73. The van der Waals surface area contributed by atoms with Crippen molar-refractivity contribution in [3.63, 3.8) is 0 Å². The zero-order valence-corrected chi connectivity index (χ0v) is 12.0. The number of piperidine rings is 1. The summed E-state index contributed by atoms with van der Waals surface area (Å²) < 4.78 is 5.34. The molecule has 0 spiro atoms.